The zero-order valence-corrected chi connectivity index (χ0v) is 8.74. The second-order valence-electron chi connectivity index (χ2n) is 4.07. The minimum absolute atomic E-state index is 0. The fraction of sp³-hybridized carbons (Fsp3) is 0.538. The molecule has 1 aliphatic rings. The minimum Gasteiger partial charge on any atom is -0.372 e. The van der Waals surface area contributed by atoms with E-state index in [1.807, 2.05) is 6.92 Å². The van der Waals surface area contributed by atoms with Crippen molar-refractivity contribution in [2.45, 2.75) is 33.2 Å². The van der Waals surface area contributed by atoms with E-state index in [1.54, 1.807) is 0 Å². The van der Waals surface area contributed by atoms with Gasteiger partial charge < -0.3 is 10.6 Å². The Morgan fingerprint density at radius 1 is 1.13 bits per heavy atom. The molecule has 84 valence electrons. The summed E-state index contributed by atoms with van der Waals surface area (Å²) in [6.07, 6.45) is 2.66. The minimum atomic E-state index is 0. The van der Waals surface area contributed by atoms with Gasteiger partial charge in [0, 0.05) is 24.8 Å². The Labute approximate surface area is 93.1 Å². The van der Waals surface area contributed by atoms with Crippen LogP contribution in [0.3, 0.4) is 0 Å². The van der Waals surface area contributed by atoms with Gasteiger partial charge in [-0.15, -0.1) is 0 Å². The summed E-state index contributed by atoms with van der Waals surface area (Å²) in [5, 5.41) is 0. The molecule has 0 aliphatic carbocycles. The lowest BCUT2D eigenvalue weighted by Gasteiger charge is -2.18. The van der Waals surface area contributed by atoms with Gasteiger partial charge in [0.2, 0.25) is 0 Å². The summed E-state index contributed by atoms with van der Waals surface area (Å²) in [5.74, 6) is 0. The predicted octanol–water partition coefficient (Wildman–Crippen LogP) is 2.94. The standard InChI is InChI=1S/C12H18N2.CH4/c1-10(13)11-4-6-12(7-5-11)14-8-2-3-9-14;/h4-7,10H,2-3,8-9,13H2,1H3;1H4. The fourth-order valence-electron chi connectivity index (χ4n) is 1.96. The number of anilines is 1. The van der Waals surface area contributed by atoms with Crippen LogP contribution < -0.4 is 10.6 Å². The summed E-state index contributed by atoms with van der Waals surface area (Å²) >= 11 is 0. The molecule has 1 aromatic carbocycles. The molecule has 2 heteroatoms. The van der Waals surface area contributed by atoms with Crippen LogP contribution in [0.1, 0.15) is 38.8 Å². The Kier molecular flexibility index (Phi) is 4.15. The second kappa shape index (κ2) is 5.17. The Morgan fingerprint density at radius 2 is 1.67 bits per heavy atom. The molecule has 1 aliphatic heterocycles. The van der Waals surface area contributed by atoms with Crippen LogP contribution in [0, 0.1) is 0 Å². The average Bonchev–Trinajstić information content (AvgIpc) is 2.71. The van der Waals surface area contributed by atoms with Crippen LogP contribution in [0.15, 0.2) is 24.3 Å². The van der Waals surface area contributed by atoms with Crippen molar-refractivity contribution in [2.24, 2.45) is 5.73 Å². The number of benzene rings is 1. The molecule has 2 rings (SSSR count). The lowest BCUT2D eigenvalue weighted by atomic mass is 10.1. The van der Waals surface area contributed by atoms with Crippen molar-refractivity contribution in [1.82, 2.24) is 0 Å². The van der Waals surface area contributed by atoms with Gasteiger partial charge in [0.1, 0.15) is 0 Å². The van der Waals surface area contributed by atoms with Crippen LogP contribution in [-0.2, 0) is 0 Å². The smallest absolute Gasteiger partial charge is 0.0366 e. The highest BCUT2D eigenvalue weighted by Crippen LogP contribution is 2.21. The predicted molar refractivity (Wildman–Crippen MR) is 67.2 cm³/mol. The number of nitrogens with two attached hydrogens (primary N) is 1. The van der Waals surface area contributed by atoms with Crippen molar-refractivity contribution in [3.05, 3.63) is 29.8 Å². The number of hydrogen-bond donors (Lipinski definition) is 1. The van der Waals surface area contributed by atoms with Gasteiger partial charge in [0.15, 0.2) is 0 Å². The Bertz CT molecular complexity index is 284. The monoisotopic (exact) mass is 206 g/mol. The maximum Gasteiger partial charge on any atom is 0.0366 e. The summed E-state index contributed by atoms with van der Waals surface area (Å²) in [6.45, 7) is 4.43. The van der Waals surface area contributed by atoms with E-state index in [9.17, 15) is 0 Å². The summed E-state index contributed by atoms with van der Waals surface area (Å²) in [6, 6.07) is 8.78. The van der Waals surface area contributed by atoms with E-state index >= 15 is 0 Å². The molecule has 2 N–H and O–H groups in total. The number of nitrogens with zero attached hydrogens (tertiary/aromatic N) is 1. The maximum atomic E-state index is 5.80. The second-order valence-corrected chi connectivity index (χ2v) is 4.07. The highest BCUT2D eigenvalue weighted by molar-refractivity contribution is 5.48. The molecule has 1 atom stereocenters. The normalized spacial score (nSPS) is 17.3. The van der Waals surface area contributed by atoms with Crippen molar-refractivity contribution in [1.29, 1.82) is 0 Å². The van der Waals surface area contributed by atoms with Crippen molar-refractivity contribution < 1.29 is 0 Å². The molecule has 15 heavy (non-hydrogen) atoms. The SMILES string of the molecule is C.CC(N)c1ccc(N2CCCC2)cc1. The van der Waals surface area contributed by atoms with Crippen LogP contribution in [0.2, 0.25) is 0 Å². The summed E-state index contributed by atoms with van der Waals surface area (Å²) in [5.41, 5.74) is 8.36. The molecule has 1 heterocycles. The summed E-state index contributed by atoms with van der Waals surface area (Å²) < 4.78 is 0. The zero-order valence-electron chi connectivity index (χ0n) is 8.74. The molecule has 1 saturated heterocycles. The number of hydrogen-bond acceptors (Lipinski definition) is 2. The van der Waals surface area contributed by atoms with Gasteiger partial charge in [0.05, 0.1) is 0 Å². The average molecular weight is 206 g/mol. The molecule has 1 unspecified atom stereocenters. The van der Waals surface area contributed by atoms with Crippen LogP contribution in [0.4, 0.5) is 5.69 Å². The maximum absolute atomic E-state index is 5.80. The van der Waals surface area contributed by atoms with Gasteiger partial charge in [0.25, 0.3) is 0 Å². The van der Waals surface area contributed by atoms with Crippen molar-refractivity contribution in [3.63, 3.8) is 0 Å². The van der Waals surface area contributed by atoms with E-state index in [1.165, 1.54) is 37.2 Å². The van der Waals surface area contributed by atoms with Crippen molar-refractivity contribution >= 4 is 5.69 Å². The number of rotatable bonds is 2. The Hall–Kier alpha value is -1.02. The highest BCUT2D eigenvalue weighted by Gasteiger charge is 2.11. The molecule has 0 bridgehead atoms. The fourth-order valence-corrected chi connectivity index (χ4v) is 1.96. The third kappa shape index (κ3) is 2.72. The third-order valence-corrected chi connectivity index (χ3v) is 2.89. The molecule has 0 radical (unpaired) electrons. The summed E-state index contributed by atoms with van der Waals surface area (Å²) in [7, 11) is 0. The Balaban J connectivity index is 0.00000112. The molecule has 0 aromatic heterocycles. The zero-order chi connectivity index (χ0) is 9.97. The molecular weight excluding hydrogens is 184 g/mol. The first-order valence-corrected chi connectivity index (χ1v) is 5.38. The van der Waals surface area contributed by atoms with E-state index in [0.29, 0.717) is 0 Å². The molecule has 0 saturated carbocycles. The molecular formula is C13H22N2. The quantitative estimate of drug-likeness (QED) is 0.806. The first kappa shape index (κ1) is 12.1. The topological polar surface area (TPSA) is 29.3 Å². The first-order chi connectivity index (χ1) is 6.77. The van der Waals surface area contributed by atoms with Crippen molar-refractivity contribution in [2.75, 3.05) is 18.0 Å². The van der Waals surface area contributed by atoms with E-state index in [-0.39, 0.29) is 13.5 Å². The lowest BCUT2D eigenvalue weighted by Crippen LogP contribution is -2.17. The van der Waals surface area contributed by atoms with Gasteiger partial charge in [-0.3, -0.25) is 0 Å². The van der Waals surface area contributed by atoms with Gasteiger partial charge in [-0.05, 0) is 37.5 Å². The summed E-state index contributed by atoms with van der Waals surface area (Å²) in [4.78, 5) is 2.44. The van der Waals surface area contributed by atoms with Crippen LogP contribution in [-0.4, -0.2) is 13.1 Å². The molecule has 1 fully saturated rings. The van der Waals surface area contributed by atoms with Gasteiger partial charge >= 0.3 is 0 Å². The van der Waals surface area contributed by atoms with Gasteiger partial charge in [-0.1, -0.05) is 19.6 Å². The molecule has 1 aromatic rings. The van der Waals surface area contributed by atoms with Crippen LogP contribution in [0.5, 0.6) is 0 Å². The highest BCUT2D eigenvalue weighted by atomic mass is 15.1. The lowest BCUT2D eigenvalue weighted by molar-refractivity contribution is 0.817. The van der Waals surface area contributed by atoms with E-state index < -0.39 is 0 Å². The van der Waals surface area contributed by atoms with E-state index in [2.05, 4.69) is 29.2 Å². The van der Waals surface area contributed by atoms with Gasteiger partial charge in [-0.25, -0.2) is 0 Å². The van der Waals surface area contributed by atoms with Gasteiger partial charge in [-0.2, -0.15) is 0 Å². The molecule has 2 nitrogen and oxygen atoms in total. The molecule has 0 spiro atoms. The molecule has 0 amide bonds. The third-order valence-electron chi connectivity index (χ3n) is 2.89. The van der Waals surface area contributed by atoms with Crippen LogP contribution in [0.25, 0.3) is 0 Å². The van der Waals surface area contributed by atoms with E-state index in [0.717, 1.165) is 0 Å². The largest absolute Gasteiger partial charge is 0.372 e. The van der Waals surface area contributed by atoms with Crippen LogP contribution >= 0.6 is 0 Å². The van der Waals surface area contributed by atoms with E-state index in [4.69, 9.17) is 5.73 Å². The first-order valence-electron chi connectivity index (χ1n) is 5.38. The Morgan fingerprint density at radius 3 is 2.13 bits per heavy atom. The van der Waals surface area contributed by atoms with Crippen molar-refractivity contribution in [3.8, 4) is 0 Å².